The van der Waals surface area contributed by atoms with E-state index in [1.54, 1.807) is 39.2 Å². The van der Waals surface area contributed by atoms with E-state index in [-0.39, 0.29) is 30.1 Å². The Bertz CT molecular complexity index is 585. The number of nitrogens with one attached hydrogen (secondary N) is 2. The number of carbonyl (C=O) groups is 1. The summed E-state index contributed by atoms with van der Waals surface area (Å²) >= 11 is 0. The van der Waals surface area contributed by atoms with Gasteiger partial charge >= 0.3 is 6.03 Å². The molecule has 1 rings (SSSR count). The van der Waals surface area contributed by atoms with Gasteiger partial charge in [-0.1, -0.05) is 12.1 Å². The minimum absolute atomic E-state index is 0.115. The molecule has 0 aliphatic carbocycles. The van der Waals surface area contributed by atoms with Crippen LogP contribution >= 0.6 is 0 Å². The minimum atomic E-state index is -3.60. The van der Waals surface area contributed by atoms with E-state index in [1.807, 2.05) is 0 Å². The smallest absolute Gasteiger partial charge is 0.316 e. The number of urea groups is 1. The number of amides is 2. The van der Waals surface area contributed by atoms with Gasteiger partial charge in [-0.05, 0) is 24.6 Å². The van der Waals surface area contributed by atoms with Crippen LogP contribution in [0.25, 0.3) is 0 Å². The van der Waals surface area contributed by atoms with E-state index in [1.165, 1.54) is 11.0 Å². The molecule has 0 saturated heterocycles. The highest BCUT2D eigenvalue weighted by Crippen LogP contribution is 2.15. The van der Waals surface area contributed by atoms with Gasteiger partial charge in [-0.2, -0.15) is 0 Å². The first kappa shape index (κ1) is 17.4. The number of nitrogens with two attached hydrogens (primary N) is 1. The van der Waals surface area contributed by atoms with Crippen LogP contribution in [0, 0.1) is 0 Å². The van der Waals surface area contributed by atoms with Crippen molar-refractivity contribution in [3.8, 4) is 0 Å². The predicted molar refractivity (Wildman–Crippen MR) is 81.3 cm³/mol. The Morgan fingerprint density at radius 2 is 2.00 bits per heavy atom. The third-order valence-electron chi connectivity index (χ3n) is 2.79. The highest BCUT2D eigenvalue weighted by atomic mass is 32.2. The summed E-state index contributed by atoms with van der Waals surface area (Å²) in [5.74, 6) is 0. The first-order valence-electron chi connectivity index (χ1n) is 6.54. The topological polar surface area (TPSA) is 105 Å². The van der Waals surface area contributed by atoms with Gasteiger partial charge in [-0.25, -0.2) is 17.9 Å². The number of hydrogen-bond acceptors (Lipinski definition) is 4. The Kier molecular flexibility index (Phi) is 6.13. The number of benzene rings is 1. The molecular weight excluding hydrogens is 292 g/mol. The van der Waals surface area contributed by atoms with E-state index in [4.69, 9.17) is 5.73 Å². The van der Waals surface area contributed by atoms with Crippen molar-refractivity contribution in [2.75, 3.05) is 27.2 Å². The highest BCUT2D eigenvalue weighted by Gasteiger charge is 2.14. The van der Waals surface area contributed by atoms with E-state index in [0.717, 1.165) is 5.56 Å². The van der Waals surface area contributed by atoms with Crippen molar-refractivity contribution in [3.63, 3.8) is 0 Å². The van der Waals surface area contributed by atoms with Crippen LogP contribution < -0.4 is 15.8 Å². The van der Waals surface area contributed by atoms with Crippen LogP contribution in [0.15, 0.2) is 29.2 Å². The molecule has 1 atom stereocenters. The van der Waals surface area contributed by atoms with Crippen molar-refractivity contribution in [1.82, 2.24) is 14.9 Å². The van der Waals surface area contributed by atoms with Crippen LogP contribution in [-0.2, 0) is 10.0 Å². The van der Waals surface area contributed by atoms with Crippen molar-refractivity contribution in [1.29, 1.82) is 0 Å². The van der Waals surface area contributed by atoms with Gasteiger partial charge in [0.15, 0.2) is 0 Å². The number of nitrogens with zero attached hydrogens (tertiary/aromatic N) is 1. The molecule has 1 unspecified atom stereocenters. The minimum Gasteiger partial charge on any atom is -0.337 e. The average Bonchev–Trinajstić information content (AvgIpc) is 2.43. The summed E-state index contributed by atoms with van der Waals surface area (Å²) in [5, 5.41) is 2.58. The summed E-state index contributed by atoms with van der Waals surface area (Å²) in [5.41, 5.74) is 6.49. The number of rotatable bonds is 6. The zero-order valence-electron chi connectivity index (χ0n) is 12.5. The molecule has 4 N–H and O–H groups in total. The normalized spacial score (nSPS) is 12.8. The molecule has 21 heavy (non-hydrogen) atoms. The summed E-state index contributed by atoms with van der Waals surface area (Å²) in [6.45, 7) is 2.11. The molecule has 0 saturated carbocycles. The molecule has 1 aromatic rings. The summed E-state index contributed by atoms with van der Waals surface area (Å²) in [4.78, 5) is 12.8. The second kappa shape index (κ2) is 7.39. The molecule has 0 aliphatic rings. The van der Waals surface area contributed by atoms with Gasteiger partial charge in [0.25, 0.3) is 0 Å². The average molecular weight is 314 g/mol. The molecule has 0 aromatic heterocycles. The molecule has 118 valence electrons. The van der Waals surface area contributed by atoms with Crippen molar-refractivity contribution in [3.05, 3.63) is 29.8 Å². The molecule has 0 radical (unpaired) electrons. The first-order valence-corrected chi connectivity index (χ1v) is 8.02. The molecule has 0 heterocycles. The van der Waals surface area contributed by atoms with Crippen molar-refractivity contribution >= 4 is 16.1 Å². The zero-order chi connectivity index (χ0) is 16.0. The van der Waals surface area contributed by atoms with Gasteiger partial charge in [0.2, 0.25) is 10.0 Å². The van der Waals surface area contributed by atoms with Gasteiger partial charge in [0.05, 0.1) is 4.90 Å². The predicted octanol–water partition coefficient (Wildman–Crippen LogP) is 0.256. The van der Waals surface area contributed by atoms with Crippen LogP contribution in [0.2, 0.25) is 0 Å². The Labute approximate surface area is 125 Å². The summed E-state index contributed by atoms with van der Waals surface area (Å²) in [6.07, 6.45) is 0. The van der Waals surface area contributed by atoms with Crippen molar-refractivity contribution in [2.45, 2.75) is 17.9 Å². The molecule has 0 bridgehead atoms. The standard InChI is InChI=1S/C13H22N4O3S/c1-10(14)11-5-4-6-12(9-11)21(19,20)16-8-7-15-13(18)17(2)3/h4-6,9-10,16H,7-8,14H2,1-3H3,(H,15,18). The Morgan fingerprint density at radius 1 is 1.33 bits per heavy atom. The van der Waals surface area contributed by atoms with E-state index in [9.17, 15) is 13.2 Å². The maximum Gasteiger partial charge on any atom is 0.316 e. The quantitative estimate of drug-likeness (QED) is 0.655. The van der Waals surface area contributed by atoms with Crippen LogP contribution in [-0.4, -0.2) is 46.5 Å². The second-order valence-electron chi connectivity index (χ2n) is 4.89. The molecule has 0 fully saturated rings. The fourth-order valence-electron chi connectivity index (χ4n) is 1.56. The fourth-order valence-corrected chi connectivity index (χ4v) is 2.65. The largest absolute Gasteiger partial charge is 0.337 e. The maximum absolute atomic E-state index is 12.1. The molecule has 0 aliphatic heterocycles. The summed E-state index contributed by atoms with van der Waals surface area (Å²) in [7, 11) is -0.385. The van der Waals surface area contributed by atoms with Gasteiger partial charge < -0.3 is 16.0 Å². The lowest BCUT2D eigenvalue weighted by molar-refractivity contribution is 0.217. The van der Waals surface area contributed by atoms with Crippen LogP contribution in [0.1, 0.15) is 18.5 Å². The van der Waals surface area contributed by atoms with E-state index < -0.39 is 10.0 Å². The highest BCUT2D eigenvalue weighted by molar-refractivity contribution is 7.89. The van der Waals surface area contributed by atoms with Crippen LogP contribution in [0.5, 0.6) is 0 Å². The molecule has 0 spiro atoms. The van der Waals surface area contributed by atoms with Gasteiger partial charge in [-0.15, -0.1) is 0 Å². The number of sulfonamides is 1. The fraction of sp³-hybridized carbons (Fsp3) is 0.462. The maximum atomic E-state index is 12.1. The van der Waals surface area contributed by atoms with Crippen molar-refractivity contribution < 1.29 is 13.2 Å². The number of carbonyl (C=O) groups excluding carboxylic acids is 1. The van der Waals surface area contributed by atoms with Crippen LogP contribution in [0.4, 0.5) is 4.79 Å². The van der Waals surface area contributed by atoms with E-state index in [0.29, 0.717) is 0 Å². The van der Waals surface area contributed by atoms with Crippen molar-refractivity contribution in [2.24, 2.45) is 5.73 Å². The molecular formula is C13H22N4O3S. The Morgan fingerprint density at radius 3 is 2.57 bits per heavy atom. The lowest BCUT2D eigenvalue weighted by atomic mass is 10.1. The van der Waals surface area contributed by atoms with Gasteiger partial charge in [-0.3, -0.25) is 0 Å². The molecule has 8 heteroatoms. The summed E-state index contributed by atoms with van der Waals surface area (Å²) in [6, 6.07) is 5.98. The Hall–Kier alpha value is -1.64. The third kappa shape index (κ3) is 5.33. The van der Waals surface area contributed by atoms with Gasteiger partial charge in [0.1, 0.15) is 0 Å². The SMILES string of the molecule is CC(N)c1cccc(S(=O)(=O)NCCNC(=O)N(C)C)c1. The van der Waals surface area contributed by atoms with E-state index in [2.05, 4.69) is 10.0 Å². The Balaban J connectivity index is 2.62. The lowest BCUT2D eigenvalue weighted by Crippen LogP contribution is -2.39. The van der Waals surface area contributed by atoms with Gasteiger partial charge in [0, 0.05) is 33.2 Å². The third-order valence-corrected chi connectivity index (χ3v) is 4.25. The second-order valence-corrected chi connectivity index (χ2v) is 6.65. The number of hydrogen-bond donors (Lipinski definition) is 3. The summed E-state index contributed by atoms with van der Waals surface area (Å²) < 4.78 is 26.7. The molecule has 7 nitrogen and oxygen atoms in total. The van der Waals surface area contributed by atoms with Crippen LogP contribution in [0.3, 0.4) is 0 Å². The first-order chi connectivity index (χ1) is 9.74. The molecule has 2 amide bonds. The zero-order valence-corrected chi connectivity index (χ0v) is 13.3. The monoisotopic (exact) mass is 314 g/mol. The molecule has 1 aromatic carbocycles. The lowest BCUT2D eigenvalue weighted by Gasteiger charge is -2.13. The van der Waals surface area contributed by atoms with E-state index >= 15 is 0 Å².